The molecule has 44 heavy (non-hydrogen) atoms. The van der Waals surface area contributed by atoms with Gasteiger partial charge in [0, 0.05) is 43.8 Å². The van der Waals surface area contributed by atoms with Crippen molar-refractivity contribution >= 4 is 60.8 Å². The molecule has 0 saturated carbocycles. The fourth-order valence-electron chi connectivity index (χ4n) is 5.14. The monoisotopic (exact) mass is 746 g/mol. The van der Waals surface area contributed by atoms with Gasteiger partial charge in [-0.05, 0) is 86.6 Å². The smallest absolute Gasteiger partial charge is 0.150 e. The number of imidazole rings is 2. The molecule has 0 radical (unpaired) electrons. The van der Waals surface area contributed by atoms with Crippen molar-refractivity contribution in [2.75, 3.05) is 0 Å². The maximum absolute atomic E-state index is 14.1. The van der Waals surface area contributed by atoms with Crippen LogP contribution in [0.25, 0.3) is 34.2 Å². The first kappa shape index (κ1) is 30.5. The summed E-state index contributed by atoms with van der Waals surface area (Å²) in [5, 5.41) is 1.17. The highest BCUT2D eigenvalue weighted by Crippen LogP contribution is 2.35. The molecule has 0 spiro atoms. The van der Waals surface area contributed by atoms with Gasteiger partial charge in [0.2, 0.25) is 0 Å². The summed E-state index contributed by atoms with van der Waals surface area (Å²) in [7, 11) is 0. The number of rotatable bonds is 8. The summed E-state index contributed by atoms with van der Waals surface area (Å²) >= 11 is 20.3. The zero-order chi connectivity index (χ0) is 31.0. The number of nitrogens with zero attached hydrogens (tertiary/aromatic N) is 4. The molecule has 220 valence electrons. The van der Waals surface area contributed by atoms with E-state index in [1.807, 2.05) is 132 Å². The van der Waals surface area contributed by atoms with Crippen LogP contribution in [0.2, 0.25) is 10.0 Å². The standard InChI is InChI=1S/C35H26Br2Cl2N4O/c1-21(31-19-42(25-15-11-23(36)12-16-25)34(40-31)27-7-3-5-9-29(27)38)33(44)22(2)32-20-43(26-17-13-24(37)14-18-26)35(41-32)28-8-4-6-10-30(28)39/h3-22H,1-2H3. The number of aromatic nitrogens is 4. The molecule has 0 bridgehead atoms. The molecule has 2 unspecified atom stereocenters. The molecule has 2 heterocycles. The van der Waals surface area contributed by atoms with Crippen LogP contribution in [0.5, 0.6) is 0 Å². The van der Waals surface area contributed by atoms with Crippen molar-refractivity contribution in [3.05, 3.63) is 140 Å². The third kappa shape index (κ3) is 6.07. The largest absolute Gasteiger partial charge is 0.299 e. The molecule has 4 aromatic carbocycles. The van der Waals surface area contributed by atoms with Crippen LogP contribution >= 0.6 is 55.1 Å². The van der Waals surface area contributed by atoms with Crippen LogP contribution in [-0.4, -0.2) is 24.9 Å². The van der Waals surface area contributed by atoms with Gasteiger partial charge in [0.15, 0.2) is 0 Å². The van der Waals surface area contributed by atoms with Gasteiger partial charge in [0.25, 0.3) is 0 Å². The number of benzene rings is 4. The Morgan fingerprint density at radius 1 is 0.614 bits per heavy atom. The predicted octanol–water partition coefficient (Wildman–Crippen LogP) is 10.7. The molecule has 0 aliphatic carbocycles. The lowest BCUT2D eigenvalue weighted by molar-refractivity contribution is -0.121. The van der Waals surface area contributed by atoms with Crippen LogP contribution in [0, 0.1) is 0 Å². The van der Waals surface area contributed by atoms with Crippen molar-refractivity contribution in [2.45, 2.75) is 25.7 Å². The quantitative estimate of drug-likeness (QED) is 0.156. The number of ketones is 1. The van der Waals surface area contributed by atoms with E-state index in [0.717, 1.165) is 31.4 Å². The molecular weight excluding hydrogens is 723 g/mol. The predicted molar refractivity (Wildman–Crippen MR) is 185 cm³/mol. The molecule has 5 nitrogen and oxygen atoms in total. The fraction of sp³-hybridized carbons (Fsp3) is 0.114. The van der Waals surface area contributed by atoms with Gasteiger partial charge >= 0.3 is 0 Å². The minimum absolute atomic E-state index is 0.00216. The molecule has 0 aliphatic heterocycles. The zero-order valence-electron chi connectivity index (χ0n) is 23.8. The summed E-state index contributed by atoms with van der Waals surface area (Å²) < 4.78 is 5.90. The molecule has 0 amide bonds. The fourth-order valence-corrected chi connectivity index (χ4v) is 6.11. The first-order valence-electron chi connectivity index (χ1n) is 13.9. The van der Waals surface area contributed by atoms with Crippen LogP contribution < -0.4 is 0 Å². The molecular formula is C35H26Br2Cl2N4O. The number of halogens is 4. The first-order valence-corrected chi connectivity index (χ1v) is 16.3. The Bertz CT molecular complexity index is 1820. The van der Waals surface area contributed by atoms with E-state index in [9.17, 15) is 4.79 Å². The van der Waals surface area contributed by atoms with Gasteiger partial charge in [-0.2, -0.15) is 0 Å². The summed E-state index contributed by atoms with van der Waals surface area (Å²) in [5.74, 6) is 0.317. The lowest BCUT2D eigenvalue weighted by Gasteiger charge is -2.13. The van der Waals surface area contributed by atoms with Gasteiger partial charge in [-0.25, -0.2) is 9.97 Å². The van der Waals surface area contributed by atoms with Crippen LogP contribution in [0.3, 0.4) is 0 Å². The third-order valence-corrected chi connectivity index (χ3v) is 9.35. The van der Waals surface area contributed by atoms with Gasteiger partial charge in [-0.15, -0.1) is 0 Å². The highest BCUT2D eigenvalue weighted by molar-refractivity contribution is 9.10. The van der Waals surface area contributed by atoms with Crippen LogP contribution in [0.15, 0.2) is 118 Å². The zero-order valence-corrected chi connectivity index (χ0v) is 28.4. The molecule has 0 aliphatic rings. The summed E-state index contributed by atoms with van der Waals surface area (Å²) in [5.41, 5.74) is 4.69. The summed E-state index contributed by atoms with van der Waals surface area (Å²) in [6, 6.07) is 31.0. The lowest BCUT2D eigenvalue weighted by Crippen LogP contribution is -2.17. The summed E-state index contributed by atoms with van der Waals surface area (Å²) in [6.45, 7) is 3.79. The maximum Gasteiger partial charge on any atom is 0.150 e. The van der Waals surface area contributed by atoms with E-state index < -0.39 is 11.8 Å². The average Bonchev–Trinajstić information content (AvgIpc) is 3.67. The molecule has 6 rings (SSSR count). The Morgan fingerprint density at radius 2 is 0.977 bits per heavy atom. The van der Waals surface area contributed by atoms with E-state index in [1.165, 1.54) is 0 Å². The molecule has 2 aromatic heterocycles. The Labute approximate surface area is 282 Å². The molecule has 0 saturated heterocycles. The second-order valence-electron chi connectivity index (χ2n) is 10.5. The second kappa shape index (κ2) is 12.9. The van der Waals surface area contributed by atoms with Gasteiger partial charge in [-0.1, -0.05) is 79.3 Å². The van der Waals surface area contributed by atoms with E-state index in [4.69, 9.17) is 33.2 Å². The highest BCUT2D eigenvalue weighted by Gasteiger charge is 2.29. The van der Waals surface area contributed by atoms with Crippen molar-refractivity contribution in [1.29, 1.82) is 0 Å². The van der Waals surface area contributed by atoms with Crippen LogP contribution in [-0.2, 0) is 4.79 Å². The Balaban J connectivity index is 1.39. The van der Waals surface area contributed by atoms with Gasteiger partial charge < -0.3 is 0 Å². The molecule has 0 N–H and O–H groups in total. The van der Waals surface area contributed by atoms with Crippen LogP contribution in [0.1, 0.15) is 37.1 Å². The molecule has 0 fully saturated rings. The Hall–Kier alpha value is -3.49. The average molecular weight is 749 g/mol. The lowest BCUT2D eigenvalue weighted by atomic mass is 9.91. The van der Waals surface area contributed by atoms with Crippen molar-refractivity contribution in [1.82, 2.24) is 19.1 Å². The summed E-state index contributed by atoms with van der Waals surface area (Å²) in [4.78, 5) is 24.0. The Kier molecular flexibility index (Phi) is 8.92. The molecule has 9 heteroatoms. The number of Topliss-reactive ketones (excluding diaryl/α,β-unsaturated/α-hetero) is 1. The Morgan fingerprint density at radius 3 is 1.34 bits per heavy atom. The van der Waals surface area contributed by atoms with Crippen molar-refractivity contribution in [3.8, 4) is 34.2 Å². The van der Waals surface area contributed by atoms with Gasteiger partial charge in [0.1, 0.15) is 17.4 Å². The second-order valence-corrected chi connectivity index (χ2v) is 13.1. The van der Waals surface area contributed by atoms with Crippen LogP contribution in [0.4, 0.5) is 0 Å². The number of hydrogen-bond donors (Lipinski definition) is 0. The highest BCUT2D eigenvalue weighted by atomic mass is 79.9. The minimum Gasteiger partial charge on any atom is -0.299 e. The van der Waals surface area contributed by atoms with E-state index in [-0.39, 0.29) is 5.78 Å². The number of carbonyl (C=O) groups is 1. The topological polar surface area (TPSA) is 52.7 Å². The van der Waals surface area contributed by atoms with Gasteiger partial charge in [-0.3, -0.25) is 13.9 Å². The van der Waals surface area contributed by atoms with Crippen molar-refractivity contribution in [2.24, 2.45) is 0 Å². The first-order chi connectivity index (χ1) is 21.2. The number of hydrogen-bond acceptors (Lipinski definition) is 3. The molecule has 6 aromatic rings. The summed E-state index contributed by atoms with van der Waals surface area (Å²) in [6.07, 6.45) is 3.85. The van der Waals surface area contributed by atoms with Gasteiger partial charge in [0.05, 0.1) is 33.3 Å². The minimum atomic E-state index is -0.510. The van der Waals surface area contributed by atoms with E-state index in [0.29, 0.717) is 33.1 Å². The normalized spacial score (nSPS) is 12.7. The van der Waals surface area contributed by atoms with Crippen molar-refractivity contribution in [3.63, 3.8) is 0 Å². The van der Waals surface area contributed by atoms with E-state index >= 15 is 0 Å². The van der Waals surface area contributed by atoms with E-state index in [1.54, 1.807) is 0 Å². The van der Waals surface area contributed by atoms with Crippen molar-refractivity contribution < 1.29 is 4.79 Å². The SMILES string of the molecule is CC(C(=O)C(C)c1cn(-c2ccc(Br)cc2)c(-c2ccccc2Cl)n1)c1cn(-c2ccc(Br)cc2)c(-c2ccccc2Cl)n1. The number of carbonyl (C=O) groups excluding carboxylic acids is 1. The molecule has 2 atom stereocenters. The third-order valence-electron chi connectivity index (χ3n) is 7.63. The van der Waals surface area contributed by atoms with E-state index in [2.05, 4.69) is 31.9 Å². The maximum atomic E-state index is 14.1.